The minimum Gasteiger partial charge on any atom is -0.384 e. The van der Waals surface area contributed by atoms with E-state index in [0.29, 0.717) is 0 Å². The van der Waals surface area contributed by atoms with Gasteiger partial charge in [-0.2, -0.15) is 0 Å². The van der Waals surface area contributed by atoms with E-state index in [4.69, 9.17) is 4.98 Å². The molecule has 0 bridgehead atoms. The van der Waals surface area contributed by atoms with Gasteiger partial charge in [-0.1, -0.05) is 26.8 Å². The quantitative estimate of drug-likeness (QED) is 0.870. The highest BCUT2D eigenvalue weighted by molar-refractivity contribution is 5.94. The molecule has 1 N–H and O–H groups in total. The molecule has 0 amide bonds. The van der Waals surface area contributed by atoms with Crippen molar-refractivity contribution in [3.8, 4) is 0 Å². The zero-order chi connectivity index (χ0) is 14.3. The van der Waals surface area contributed by atoms with Crippen molar-refractivity contribution in [2.45, 2.75) is 52.4 Å². The maximum Gasteiger partial charge on any atom is 0.0726 e. The van der Waals surface area contributed by atoms with Crippen LogP contribution in [0.25, 0.3) is 10.9 Å². The summed E-state index contributed by atoms with van der Waals surface area (Å²) in [5, 5.41) is 4.88. The number of rotatable bonds is 2. The van der Waals surface area contributed by atoms with E-state index in [1.54, 1.807) is 0 Å². The Morgan fingerprint density at radius 2 is 2.00 bits per heavy atom. The summed E-state index contributed by atoms with van der Waals surface area (Å²) in [6, 6.07) is 6.75. The van der Waals surface area contributed by atoms with E-state index >= 15 is 0 Å². The molecule has 0 saturated carbocycles. The average molecular weight is 268 g/mol. The zero-order valence-electron chi connectivity index (χ0n) is 13.0. The summed E-state index contributed by atoms with van der Waals surface area (Å²) in [7, 11) is 0. The largest absolute Gasteiger partial charge is 0.384 e. The molecule has 1 aliphatic carbocycles. The Hall–Kier alpha value is -1.57. The van der Waals surface area contributed by atoms with Crippen LogP contribution >= 0.6 is 0 Å². The van der Waals surface area contributed by atoms with E-state index < -0.39 is 0 Å². The van der Waals surface area contributed by atoms with Gasteiger partial charge in [-0.3, -0.25) is 4.98 Å². The third kappa shape index (κ3) is 2.17. The van der Waals surface area contributed by atoms with Gasteiger partial charge < -0.3 is 5.32 Å². The molecule has 2 nitrogen and oxygen atoms in total. The van der Waals surface area contributed by atoms with Gasteiger partial charge in [0, 0.05) is 23.3 Å². The standard InChI is InChI=1S/C18H24N2/c1-5-19-17-13-7-6-8-15(13)20-16-10-9-12(11-14(16)17)18(2,3)4/h9-11H,5-8H2,1-4H3,(H,19,20). The summed E-state index contributed by atoms with van der Waals surface area (Å²) in [6.07, 6.45) is 3.54. The molecule has 0 aliphatic heterocycles. The van der Waals surface area contributed by atoms with Crippen molar-refractivity contribution >= 4 is 16.6 Å². The third-order valence-electron chi connectivity index (χ3n) is 4.23. The van der Waals surface area contributed by atoms with Gasteiger partial charge in [-0.15, -0.1) is 0 Å². The lowest BCUT2D eigenvalue weighted by Gasteiger charge is -2.21. The number of nitrogens with one attached hydrogen (secondary N) is 1. The molecule has 0 unspecified atom stereocenters. The smallest absolute Gasteiger partial charge is 0.0726 e. The van der Waals surface area contributed by atoms with Crippen molar-refractivity contribution in [3.63, 3.8) is 0 Å². The predicted molar refractivity (Wildman–Crippen MR) is 86.6 cm³/mol. The SMILES string of the molecule is CCNc1c2c(nc3ccc(C(C)(C)C)cc13)CCC2. The van der Waals surface area contributed by atoms with Crippen LogP contribution in [0.4, 0.5) is 5.69 Å². The maximum absolute atomic E-state index is 4.88. The summed E-state index contributed by atoms with van der Waals surface area (Å²) in [5.74, 6) is 0. The number of aryl methyl sites for hydroxylation is 1. The number of fused-ring (bicyclic) bond motifs is 2. The fourth-order valence-corrected chi connectivity index (χ4v) is 3.11. The van der Waals surface area contributed by atoms with Gasteiger partial charge in [-0.25, -0.2) is 0 Å². The Morgan fingerprint density at radius 1 is 1.20 bits per heavy atom. The highest BCUT2D eigenvalue weighted by Crippen LogP contribution is 2.36. The molecular formula is C18H24N2. The number of aromatic nitrogens is 1. The van der Waals surface area contributed by atoms with Crippen molar-refractivity contribution in [1.82, 2.24) is 4.98 Å². The molecule has 0 atom stereocenters. The third-order valence-corrected chi connectivity index (χ3v) is 4.23. The second-order valence-electron chi connectivity index (χ2n) is 6.78. The van der Waals surface area contributed by atoms with Crippen LogP contribution in [0.1, 0.15) is 50.9 Å². The van der Waals surface area contributed by atoms with Gasteiger partial charge in [0.15, 0.2) is 0 Å². The lowest BCUT2D eigenvalue weighted by molar-refractivity contribution is 0.591. The van der Waals surface area contributed by atoms with Gasteiger partial charge in [0.1, 0.15) is 0 Å². The summed E-state index contributed by atoms with van der Waals surface area (Å²) in [5.41, 5.74) is 6.77. The maximum atomic E-state index is 4.88. The predicted octanol–water partition coefficient (Wildman–Crippen LogP) is 4.45. The van der Waals surface area contributed by atoms with Crippen LogP contribution in [0, 0.1) is 0 Å². The number of nitrogens with zero attached hydrogens (tertiary/aromatic N) is 1. The van der Waals surface area contributed by atoms with Crippen LogP contribution in [0.15, 0.2) is 18.2 Å². The van der Waals surface area contributed by atoms with Crippen LogP contribution in [0.2, 0.25) is 0 Å². The number of pyridine rings is 1. The van der Waals surface area contributed by atoms with E-state index in [-0.39, 0.29) is 5.41 Å². The van der Waals surface area contributed by atoms with Crippen LogP contribution in [0.3, 0.4) is 0 Å². The molecule has 3 rings (SSSR count). The molecule has 106 valence electrons. The van der Waals surface area contributed by atoms with Crippen molar-refractivity contribution < 1.29 is 0 Å². The van der Waals surface area contributed by atoms with Crippen molar-refractivity contribution in [2.24, 2.45) is 0 Å². The first-order valence-electron chi connectivity index (χ1n) is 7.70. The molecule has 0 radical (unpaired) electrons. The van der Waals surface area contributed by atoms with Crippen molar-refractivity contribution in [1.29, 1.82) is 0 Å². The Labute approximate surface area is 121 Å². The Morgan fingerprint density at radius 3 is 2.70 bits per heavy atom. The van der Waals surface area contributed by atoms with Crippen LogP contribution in [-0.4, -0.2) is 11.5 Å². The molecule has 0 spiro atoms. The topological polar surface area (TPSA) is 24.9 Å². The molecule has 1 aliphatic rings. The number of hydrogen-bond acceptors (Lipinski definition) is 2. The molecule has 20 heavy (non-hydrogen) atoms. The fraction of sp³-hybridized carbons (Fsp3) is 0.500. The molecule has 0 saturated heterocycles. The van der Waals surface area contributed by atoms with Crippen LogP contribution < -0.4 is 5.32 Å². The second kappa shape index (κ2) is 4.76. The molecular weight excluding hydrogens is 244 g/mol. The lowest BCUT2D eigenvalue weighted by Crippen LogP contribution is -2.11. The molecule has 0 fully saturated rings. The van der Waals surface area contributed by atoms with Gasteiger partial charge in [0.2, 0.25) is 0 Å². The summed E-state index contributed by atoms with van der Waals surface area (Å²) >= 11 is 0. The van der Waals surface area contributed by atoms with E-state index in [9.17, 15) is 0 Å². The highest BCUT2D eigenvalue weighted by atomic mass is 14.9. The van der Waals surface area contributed by atoms with Crippen LogP contribution in [0.5, 0.6) is 0 Å². The Balaban J connectivity index is 2.27. The monoisotopic (exact) mass is 268 g/mol. The number of hydrogen-bond donors (Lipinski definition) is 1. The molecule has 1 heterocycles. The normalized spacial score (nSPS) is 14.6. The minimum atomic E-state index is 0.177. The lowest BCUT2D eigenvalue weighted by atomic mass is 9.86. The fourth-order valence-electron chi connectivity index (χ4n) is 3.11. The first-order valence-corrected chi connectivity index (χ1v) is 7.70. The van der Waals surface area contributed by atoms with Crippen molar-refractivity contribution in [2.75, 3.05) is 11.9 Å². The summed E-state index contributed by atoms with van der Waals surface area (Å²) < 4.78 is 0. The van der Waals surface area contributed by atoms with Gasteiger partial charge in [-0.05, 0) is 54.9 Å². The summed E-state index contributed by atoms with van der Waals surface area (Å²) in [4.78, 5) is 4.88. The first-order chi connectivity index (χ1) is 9.50. The Bertz CT molecular complexity index is 650. The number of anilines is 1. The van der Waals surface area contributed by atoms with Gasteiger partial charge in [0.05, 0.1) is 5.52 Å². The zero-order valence-corrected chi connectivity index (χ0v) is 13.0. The second-order valence-corrected chi connectivity index (χ2v) is 6.78. The number of benzene rings is 1. The molecule has 1 aromatic carbocycles. The minimum absolute atomic E-state index is 0.177. The van der Waals surface area contributed by atoms with E-state index in [1.165, 1.54) is 40.7 Å². The van der Waals surface area contributed by atoms with E-state index in [1.807, 2.05) is 0 Å². The Kier molecular flexibility index (Phi) is 3.19. The average Bonchev–Trinajstić information content (AvgIpc) is 2.85. The van der Waals surface area contributed by atoms with E-state index in [0.717, 1.165) is 18.5 Å². The molecule has 2 aromatic rings. The van der Waals surface area contributed by atoms with E-state index in [2.05, 4.69) is 51.2 Å². The van der Waals surface area contributed by atoms with Crippen molar-refractivity contribution in [3.05, 3.63) is 35.0 Å². The molecule has 1 aromatic heterocycles. The van der Waals surface area contributed by atoms with Gasteiger partial charge >= 0.3 is 0 Å². The summed E-state index contributed by atoms with van der Waals surface area (Å²) in [6.45, 7) is 9.93. The highest BCUT2D eigenvalue weighted by Gasteiger charge is 2.21. The van der Waals surface area contributed by atoms with Gasteiger partial charge in [0.25, 0.3) is 0 Å². The first kappa shape index (κ1) is 13.4. The molecule has 2 heteroatoms. The van der Waals surface area contributed by atoms with Crippen LogP contribution in [-0.2, 0) is 18.3 Å².